The first-order chi connectivity index (χ1) is 18.1. The van der Waals surface area contributed by atoms with Gasteiger partial charge in [-0.15, -0.1) is 0 Å². The van der Waals surface area contributed by atoms with Crippen LogP contribution in [-0.4, -0.2) is 52.7 Å². The number of benzene rings is 2. The van der Waals surface area contributed by atoms with Crippen molar-refractivity contribution in [2.45, 2.75) is 52.1 Å². The number of likely N-dealkylation sites (N-methyl/N-ethyl adjacent to an activating group) is 1. The van der Waals surface area contributed by atoms with E-state index in [1.54, 1.807) is 0 Å². The number of rotatable bonds is 6. The molecule has 3 aromatic heterocycles. The number of hydrogen-bond donors (Lipinski definition) is 1. The highest BCUT2D eigenvalue weighted by Gasteiger charge is 2.29. The molecule has 188 valence electrons. The van der Waals surface area contributed by atoms with Crippen LogP contribution in [0, 0.1) is 6.92 Å². The van der Waals surface area contributed by atoms with Gasteiger partial charge in [-0.3, -0.25) is 19.4 Å². The Labute approximate surface area is 216 Å². The molecule has 4 heterocycles. The molecule has 1 aliphatic carbocycles. The Morgan fingerprint density at radius 1 is 1.00 bits per heavy atom. The summed E-state index contributed by atoms with van der Waals surface area (Å²) in [5, 5.41) is 18.4. The predicted molar refractivity (Wildman–Crippen MR) is 144 cm³/mol. The maximum Gasteiger partial charge on any atom is 0.181 e. The SMILES string of the molecule is CCN1CCn2nc(-c3ccc(-c4nc(Cc5ccc6[nH]ncc6c5C5CC5)n(C)n4)cc3)c(C)c2C1. The third-order valence-corrected chi connectivity index (χ3v) is 8.13. The Hall–Kier alpha value is -3.78. The molecule has 0 unspecified atom stereocenters. The number of aromatic amines is 1. The maximum atomic E-state index is 4.96. The molecule has 2 aliphatic rings. The molecule has 1 aliphatic heterocycles. The summed E-state index contributed by atoms with van der Waals surface area (Å²) < 4.78 is 4.11. The summed E-state index contributed by atoms with van der Waals surface area (Å²) in [7, 11) is 1.99. The zero-order valence-corrected chi connectivity index (χ0v) is 21.7. The highest BCUT2D eigenvalue weighted by Crippen LogP contribution is 2.45. The smallest absolute Gasteiger partial charge is 0.181 e. The molecule has 1 fully saturated rings. The standard InChI is InChI=1S/C29H32N8/c1-4-36-13-14-37-25(17-36)18(2)28(33-37)20-7-9-21(10-8-20)29-31-26(35(3)34-29)15-22-11-12-24-23(16-30-32-24)27(22)19-5-6-19/h7-12,16,19H,4-6,13-15,17H2,1-3H3,(H,30,32). The van der Waals surface area contributed by atoms with Crippen molar-refractivity contribution in [3.8, 4) is 22.6 Å². The second-order valence-electron chi connectivity index (χ2n) is 10.5. The summed E-state index contributed by atoms with van der Waals surface area (Å²) in [4.78, 5) is 7.43. The molecule has 0 amide bonds. The minimum atomic E-state index is 0.638. The number of H-pyrrole nitrogens is 1. The van der Waals surface area contributed by atoms with Gasteiger partial charge in [-0.2, -0.15) is 15.3 Å². The lowest BCUT2D eigenvalue weighted by Gasteiger charge is -2.26. The van der Waals surface area contributed by atoms with Crippen LogP contribution in [0.2, 0.25) is 0 Å². The van der Waals surface area contributed by atoms with Gasteiger partial charge in [0.15, 0.2) is 5.82 Å². The summed E-state index contributed by atoms with van der Waals surface area (Å²) >= 11 is 0. The fourth-order valence-corrected chi connectivity index (χ4v) is 5.78. The quantitative estimate of drug-likeness (QED) is 0.367. The first-order valence-corrected chi connectivity index (χ1v) is 13.3. The van der Waals surface area contributed by atoms with Gasteiger partial charge in [0.2, 0.25) is 0 Å². The topological polar surface area (TPSA) is 80.5 Å². The van der Waals surface area contributed by atoms with Gasteiger partial charge in [0.25, 0.3) is 0 Å². The number of aryl methyl sites for hydroxylation is 1. The van der Waals surface area contributed by atoms with Crippen LogP contribution >= 0.6 is 0 Å². The van der Waals surface area contributed by atoms with E-state index in [0.29, 0.717) is 5.92 Å². The highest BCUT2D eigenvalue weighted by atomic mass is 15.3. The van der Waals surface area contributed by atoms with Gasteiger partial charge in [0.05, 0.1) is 29.6 Å². The van der Waals surface area contributed by atoms with Crippen LogP contribution in [0.1, 0.15) is 53.9 Å². The van der Waals surface area contributed by atoms with Gasteiger partial charge in [0.1, 0.15) is 5.82 Å². The molecule has 0 atom stereocenters. The van der Waals surface area contributed by atoms with Crippen molar-refractivity contribution in [1.82, 2.24) is 39.6 Å². The van der Waals surface area contributed by atoms with Crippen LogP contribution < -0.4 is 0 Å². The van der Waals surface area contributed by atoms with Crippen LogP contribution in [0.3, 0.4) is 0 Å². The number of hydrogen-bond acceptors (Lipinski definition) is 5. The van der Waals surface area contributed by atoms with E-state index in [0.717, 1.165) is 66.6 Å². The molecule has 0 saturated heterocycles. The van der Waals surface area contributed by atoms with Crippen molar-refractivity contribution in [1.29, 1.82) is 0 Å². The summed E-state index contributed by atoms with van der Waals surface area (Å²) in [6.07, 6.45) is 5.24. The monoisotopic (exact) mass is 492 g/mol. The molecule has 37 heavy (non-hydrogen) atoms. The highest BCUT2D eigenvalue weighted by molar-refractivity contribution is 5.84. The van der Waals surface area contributed by atoms with E-state index in [9.17, 15) is 0 Å². The largest absolute Gasteiger partial charge is 0.296 e. The van der Waals surface area contributed by atoms with Crippen molar-refractivity contribution in [3.63, 3.8) is 0 Å². The minimum Gasteiger partial charge on any atom is -0.296 e. The molecule has 1 saturated carbocycles. The summed E-state index contributed by atoms with van der Waals surface area (Å²) in [6.45, 7) is 8.50. The Morgan fingerprint density at radius 3 is 2.59 bits per heavy atom. The summed E-state index contributed by atoms with van der Waals surface area (Å²) in [5.41, 5.74) is 9.74. The van der Waals surface area contributed by atoms with Crippen LogP contribution in [0.25, 0.3) is 33.5 Å². The number of nitrogens with one attached hydrogen (secondary N) is 1. The van der Waals surface area contributed by atoms with Gasteiger partial charge < -0.3 is 0 Å². The Bertz CT molecular complexity index is 1600. The molecule has 0 bridgehead atoms. The van der Waals surface area contributed by atoms with Crippen LogP contribution in [0.5, 0.6) is 0 Å². The molecular formula is C29H32N8. The lowest BCUT2D eigenvalue weighted by atomic mass is 9.96. The molecule has 0 radical (unpaired) electrons. The number of nitrogens with zero attached hydrogens (tertiary/aromatic N) is 7. The maximum absolute atomic E-state index is 4.96. The lowest BCUT2D eigenvalue weighted by Crippen LogP contribution is -2.33. The average molecular weight is 493 g/mol. The molecule has 0 spiro atoms. The minimum absolute atomic E-state index is 0.638. The summed E-state index contributed by atoms with van der Waals surface area (Å²) in [5.74, 6) is 2.38. The fourth-order valence-electron chi connectivity index (χ4n) is 5.78. The second kappa shape index (κ2) is 8.66. The zero-order chi connectivity index (χ0) is 25.1. The molecule has 5 aromatic rings. The van der Waals surface area contributed by atoms with Crippen molar-refractivity contribution in [2.24, 2.45) is 7.05 Å². The third kappa shape index (κ3) is 3.87. The Balaban J connectivity index is 1.16. The summed E-state index contributed by atoms with van der Waals surface area (Å²) in [6, 6.07) is 12.9. The van der Waals surface area contributed by atoms with Gasteiger partial charge in [-0.25, -0.2) is 4.98 Å². The van der Waals surface area contributed by atoms with Gasteiger partial charge >= 0.3 is 0 Å². The van der Waals surface area contributed by atoms with Gasteiger partial charge in [-0.05, 0) is 55.0 Å². The number of aromatic nitrogens is 7. The Kier molecular flexibility index (Phi) is 5.25. The lowest BCUT2D eigenvalue weighted by molar-refractivity contribution is 0.223. The predicted octanol–water partition coefficient (Wildman–Crippen LogP) is 4.83. The van der Waals surface area contributed by atoms with Gasteiger partial charge in [0, 0.05) is 43.1 Å². The average Bonchev–Trinajstić information content (AvgIpc) is 3.39. The van der Waals surface area contributed by atoms with Crippen molar-refractivity contribution in [2.75, 3.05) is 13.1 Å². The first-order valence-electron chi connectivity index (χ1n) is 13.3. The van der Waals surface area contributed by atoms with E-state index < -0.39 is 0 Å². The Morgan fingerprint density at radius 2 is 1.81 bits per heavy atom. The van der Waals surface area contributed by atoms with Crippen LogP contribution in [0.15, 0.2) is 42.6 Å². The first kappa shape index (κ1) is 22.4. The molecule has 7 rings (SSSR count). The number of fused-ring (bicyclic) bond motifs is 2. The van der Waals surface area contributed by atoms with Crippen molar-refractivity contribution < 1.29 is 0 Å². The van der Waals surface area contributed by atoms with Crippen LogP contribution in [-0.2, 0) is 26.6 Å². The van der Waals surface area contributed by atoms with E-state index >= 15 is 0 Å². The van der Waals surface area contributed by atoms with E-state index in [2.05, 4.69) is 70.0 Å². The second-order valence-corrected chi connectivity index (χ2v) is 10.5. The van der Waals surface area contributed by atoms with E-state index in [4.69, 9.17) is 15.2 Å². The normalized spacial score (nSPS) is 16.0. The van der Waals surface area contributed by atoms with E-state index in [1.165, 1.54) is 40.6 Å². The van der Waals surface area contributed by atoms with Crippen LogP contribution in [0.4, 0.5) is 0 Å². The fraction of sp³-hybridized carbons (Fsp3) is 0.379. The van der Waals surface area contributed by atoms with E-state index in [1.807, 2.05) is 17.9 Å². The van der Waals surface area contributed by atoms with Crippen molar-refractivity contribution in [3.05, 3.63) is 70.8 Å². The molecule has 8 heteroatoms. The third-order valence-electron chi connectivity index (χ3n) is 8.13. The zero-order valence-electron chi connectivity index (χ0n) is 21.7. The van der Waals surface area contributed by atoms with E-state index in [-0.39, 0.29) is 0 Å². The van der Waals surface area contributed by atoms with Gasteiger partial charge in [-0.1, -0.05) is 37.3 Å². The molecule has 8 nitrogen and oxygen atoms in total. The molecule has 2 aromatic carbocycles. The molecular weight excluding hydrogens is 460 g/mol. The molecule has 1 N–H and O–H groups in total. The van der Waals surface area contributed by atoms with Crippen molar-refractivity contribution >= 4 is 10.9 Å².